The molecule has 1 heterocycles. The lowest BCUT2D eigenvalue weighted by atomic mass is 9.74. The summed E-state index contributed by atoms with van der Waals surface area (Å²) >= 11 is 0. The maximum Gasteiger partial charge on any atom is 0.416 e. The highest BCUT2D eigenvalue weighted by atomic mass is 16.6. The van der Waals surface area contributed by atoms with Gasteiger partial charge in [0.1, 0.15) is 6.61 Å². The molecule has 6 rings (SSSR count). The van der Waals surface area contributed by atoms with E-state index in [1.54, 1.807) is 0 Å². The van der Waals surface area contributed by atoms with Crippen molar-refractivity contribution in [1.82, 2.24) is 4.90 Å². The number of imide groups is 1. The van der Waals surface area contributed by atoms with Gasteiger partial charge >= 0.3 is 6.09 Å². The molecule has 2 amide bonds. The van der Waals surface area contributed by atoms with Gasteiger partial charge in [0, 0.05) is 5.92 Å². The Kier molecular flexibility index (Phi) is 4.74. The third-order valence-corrected chi connectivity index (χ3v) is 7.87. The fourth-order valence-electron chi connectivity index (χ4n) is 6.47. The highest BCUT2D eigenvalue weighted by molar-refractivity contribution is 5.96. The first kappa shape index (κ1) is 19.5. The Morgan fingerprint density at radius 2 is 1.66 bits per heavy atom. The molecule has 0 spiro atoms. The summed E-state index contributed by atoms with van der Waals surface area (Å²) in [5.74, 6) is 0.880. The average molecular weight is 426 g/mol. The summed E-state index contributed by atoms with van der Waals surface area (Å²) in [6.07, 6.45) is 3.50. The molecule has 3 fully saturated rings. The van der Waals surface area contributed by atoms with Gasteiger partial charge < -0.3 is 4.74 Å². The molecular weight excluding hydrogens is 398 g/mol. The van der Waals surface area contributed by atoms with Crippen molar-refractivity contribution in [3.63, 3.8) is 0 Å². The number of hydrogen-bond acceptors (Lipinski definition) is 3. The molecule has 0 aromatic heterocycles. The van der Waals surface area contributed by atoms with Gasteiger partial charge in [-0.05, 0) is 65.3 Å². The van der Waals surface area contributed by atoms with Gasteiger partial charge in [0.25, 0.3) is 0 Å². The minimum Gasteiger partial charge on any atom is -0.447 e. The molecule has 3 aliphatic rings. The van der Waals surface area contributed by atoms with E-state index in [-0.39, 0.29) is 30.4 Å². The van der Waals surface area contributed by atoms with Crippen molar-refractivity contribution in [2.45, 2.75) is 37.6 Å². The number of amides is 2. The Morgan fingerprint density at radius 3 is 2.50 bits per heavy atom. The first-order valence-corrected chi connectivity index (χ1v) is 11.7. The van der Waals surface area contributed by atoms with E-state index < -0.39 is 6.09 Å². The molecule has 3 aromatic carbocycles. The molecule has 5 atom stereocenters. The van der Waals surface area contributed by atoms with Crippen LogP contribution in [-0.4, -0.2) is 29.5 Å². The van der Waals surface area contributed by atoms with Crippen molar-refractivity contribution in [3.05, 3.63) is 83.9 Å². The molecule has 32 heavy (non-hydrogen) atoms. The number of rotatable bonds is 4. The maximum absolute atomic E-state index is 13.9. The van der Waals surface area contributed by atoms with Crippen LogP contribution < -0.4 is 0 Å². The zero-order chi connectivity index (χ0) is 21.7. The molecule has 2 bridgehead atoms. The maximum atomic E-state index is 13.9. The standard InChI is InChI=1S/C28H27NO3/c30-27(29-24(17-32-28(29)31)14-18-6-2-1-3-7-18)26-23-13-12-22(16-23)25(26)21-11-10-19-8-4-5-9-20(19)15-21/h1-11,15,22-26H,12-14,16-17H2/t22?,23?,24-,25?,26?/m1/s1. The Bertz CT molecular complexity index is 1170. The van der Waals surface area contributed by atoms with Crippen molar-refractivity contribution in [2.24, 2.45) is 17.8 Å². The zero-order valence-corrected chi connectivity index (χ0v) is 18.0. The molecule has 162 valence electrons. The Balaban J connectivity index is 1.32. The second-order valence-corrected chi connectivity index (χ2v) is 9.62. The summed E-state index contributed by atoms with van der Waals surface area (Å²) < 4.78 is 5.38. The van der Waals surface area contributed by atoms with E-state index in [2.05, 4.69) is 42.5 Å². The van der Waals surface area contributed by atoms with Gasteiger partial charge in [0.2, 0.25) is 5.91 Å². The summed E-state index contributed by atoms with van der Waals surface area (Å²) in [7, 11) is 0. The summed E-state index contributed by atoms with van der Waals surface area (Å²) in [6, 6.07) is 24.8. The van der Waals surface area contributed by atoms with Crippen molar-refractivity contribution in [3.8, 4) is 0 Å². The van der Waals surface area contributed by atoms with Gasteiger partial charge in [0.05, 0.1) is 6.04 Å². The van der Waals surface area contributed by atoms with Gasteiger partial charge in [-0.1, -0.05) is 72.8 Å². The molecular formula is C28H27NO3. The third-order valence-electron chi connectivity index (χ3n) is 7.87. The van der Waals surface area contributed by atoms with Crippen molar-refractivity contribution < 1.29 is 14.3 Å². The monoisotopic (exact) mass is 425 g/mol. The third kappa shape index (κ3) is 3.21. The minimum atomic E-state index is -0.476. The van der Waals surface area contributed by atoms with Crippen molar-refractivity contribution in [1.29, 1.82) is 0 Å². The van der Waals surface area contributed by atoms with Crippen molar-refractivity contribution in [2.75, 3.05) is 6.61 Å². The average Bonchev–Trinajstić information content (AvgIpc) is 3.54. The Hall–Kier alpha value is -3.14. The van der Waals surface area contributed by atoms with Crippen LogP contribution in [0.5, 0.6) is 0 Å². The Labute approximate surface area is 188 Å². The fourth-order valence-corrected chi connectivity index (χ4v) is 6.47. The molecule has 0 N–H and O–H groups in total. The summed E-state index contributed by atoms with van der Waals surface area (Å²) in [6.45, 7) is 0.279. The second kappa shape index (κ2) is 7.77. The predicted molar refractivity (Wildman–Crippen MR) is 123 cm³/mol. The number of nitrogens with zero attached hydrogens (tertiary/aromatic N) is 1. The lowest BCUT2D eigenvalue weighted by molar-refractivity contribution is -0.135. The lowest BCUT2D eigenvalue weighted by Gasteiger charge is -2.33. The van der Waals surface area contributed by atoms with Crippen LogP contribution in [0.1, 0.15) is 36.3 Å². The van der Waals surface area contributed by atoms with Gasteiger partial charge in [-0.15, -0.1) is 0 Å². The highest BCUT2D eigenvalue weighted by Gasteiger charge is 2.54. The number of benzene rings is 3. The lowest BCUT2D eigenvalue weighted by Crippen LogP contribution is -2.46. The molecule has 1 saturated heterocycles. The van der Waals surface area contributed by atoms with Gasteiger partial charge in [-0.2, -0.15) is 0 Å². The van der Waals surface area contributed by atoms with E-state index in [4.69, 9.17) is 4.74 Å². The van der Waals surface area contributed by atoms with Gasteiger partial charge in [-0.3, -0.25) is 4.79 Å². The number of cyclic esters (lactones) is 1. The molecule has 4 heteroatoms. The summed E-state index contributed by atoms with van der Waals surface area (Å²) in [5, 5.41) is 2.43. The second-order valence-electron chi connectivity index (χ2n) is 9.62. The highest BCUT2D eigenvalue weighted by Crippen LogP contribution is 2.57. The van der Waals surface area contributed by atoms with Crippen LogP contribution in [0, 0.1) is 17.8 Å². The van der Waals surface area contributed by atoms with E-state index in [9.17, 15) is 9.59 Å². The molecule has 4 unspecified atom stereocenters. The van der Waals surface area contributed by atoms with Crippen LogP contribution in [-0.2, 0) is 16.0 Å². The summed E-state index contributed by atoms with van der Waals surface area (Å²) in [4.78, 5) is 28.1. The van der Waals surface area contributed by atoms with Crippen LogP contribution in [0.2, 0.25) is 0 Å². The largest absolute Gasteiger partial charge is 0.447 e. The minimum absolute atomic E-state index is 0.0289. The van der Waals surface area contributed by atoms with E-state index in [1.165, 1.54) is 27.7 Å². The van der Waals surface area contributed by atoms with Crippen LogP contribution in [0.3, 0.4) is 0 Å². The number of carbonyl (C=O) groups is 2. The van der Waals surface area contributed by atoms with E-state index in [1.807, 2.05) is 30.3 Å². The molecule has 2 aliphatic carbocycles. The van der Waals surface area contributed by atoms with Crippen LogP contribution >= 0.6 is 0 Å². The zero-order valence-electron chi connectivity index (χ0n) is 18.0. The molecule has 4 nitrogen and oxygen atoms in total. The van der Waals surface area contributed by atoms with Crippen LogP contribution in [0.25, 0.3) is 10.8 Å². The number of hydrogen-bond donors (Lipinski definition) is 0. The predicted octanol–water partition coefficient (Wildman–Crippen LogP) is 5.56. The topological polar surface area (TPSA) is 46.6 Å². The molecule has 0 radical (unpaired) electrons. The van der Waals surface area contributed by atoms with E-state index in [0.717, 1.165) is 18.4 Å². The van der Waals surface area contributed by atoms with Gasteiger partial charge in [-0.25, -0.2) is 9.69 Å². The van der Waals surface area contributed by atoms with E-state index >= 15 is 0 Å². The van der Waals surface area contributed by atoms with Crippen molar-refractivity contribution >= 4 is 22.8 Å². The number of ether oxygens (including phenoxy) is 1. The molecule has 1 aliphatic heterocycles. The van der Waals surface area contributed by atoms with Gasteiger partial charge in [0.15, 0.2) is 0 Å². The Morgan fingerprint density at radius 1 is 0.906 bits per heavy atom. The number of fused-ring (bicyclic) bond motifs is 3. The normalized spacial score (nSPS) is 28.9. The number of carbonyl (C=O) groups excluding carboxylic acids is 2. The van der Waals surface area contributed by atoms with Crippen LogP contribution in [0.4, 0.5) is 4.79 Å². The smallest absolute Gasteiger partial charge is 0.416 e. The first-order chi connectivity index (χ1) is 15.7. The first-order valence-electron chi connectivity index (χ1n) is 11.7. The fraction of sp³-hybridized carbons (Fsp3) is 0.357. The quantitative estimate of drug-likeness (QED) is 0.550. The SMILES string of the molecule is O=C1OC[C@@H](Cc2ccccc2)N1C(=O)C1C2CCC(C2)C1c1ccc2ccccc2c1. The summed E-state index contributed by atoms with van der Waals surface area (Å²) in [5.41, 5.74) is 2.36. The van der Waals surface area contributed by atoms with Crippen LogP contribution in [0.15, 0.2) is 72.8 Å². The molecule has 3 aromatic rings. The molecule has 2 saturated carbocycles. The van der Waals surface area contributed by atoms with E-state index in [0.29, 0.717) is 18.3 Å².